The van der Waals surface area contributed by atoms with Crippen LogP contribution in [0.15, 0.2) is 36.5 Å². The SMILES string of the molecule is O=C1NC(=O)C(CNC(O)c2cnn(-c3ccccc3)n2)(C2CCCOC2)N1. The number of ether oxygens (including phenoxy) is 1. The zero-order valence-corrected chi connectivity index (χ0v) is 15.2. The van der Waals surface area contributed by atoms with Crippen LogP contribution in [0.3, 0.4) is 0 Å². The van der Waals surface area contributed by atoms with Crippen molar-refractivity contribution in [2.75, 3.05) is 19.8 Å². The molecule has 28 heavy (non-hydrogen) atoms. The molecule has 0 bridgehead atoms. The lowest BCUT2D eigenvalue weighted by Gasteiger charge is -2.37. The van der Waals surface area contributed by atoms with Gasteiger partial charge in [-0.1, -0.05) is 18.2 Å². The van der Waals surface area contributed by atoms with E-state index in [-0.39, 0.29) is 12.5 Å². The minimum absolute atomic E-state index is 0.0396. The van der Waals surface area contributed by atoms with Crippen LogP contribution in [0.2, 0.25) is 0 Å². The molecule has 1 aromatic heterocycles. The number of aliphatic hydroxyl groups is 1. The Morgan fingerprint density at radius 1 is 1.36 bits per heavy atom. The molecule has 3 amide bonds. The second kappa shape index (κ2) is 7.66. The standard InChI is InChI=1S/C18H22N6O4/c25-15(14-9-20-24(23-14)13-6-2-1-3-7-13)19-11-18(12-5-4-8-28-10-12)16(26)21-17(27)22-18/h1-3,6-7,9,12,15,19,25H,4-5,8,10-11H2,(H2,21,22,26,27). The number of aromatic nitrogens is 3. The first-order valence-electron chi connectivity index (χ1n) is 9.19. The summed E-state index contributed by atoms with van der Waals surface area (Å²) in [6, 6.07) is 8.77. The summed E-state index contributed by atoms with van der Waals surface area (Å²) in [6.45, 7) is 1.05. The summed E-state index contributed by atoms with van der Waals surface area (Å²) in [7, 11) is 0. The highest BCUT2D eigenvalue weighted by atomic mass is 16.5. The highest BCUT2D eigenvalue weighted by molar-refractivity contribution is 6.07. The van der Waals surface area contributed by atoms with Gasteiger partial charge in [0.05, 0.1) is 18.5 Å². The first-order valence-corrected chi connectivity index (χ1v) is 9.19. The van der Waals surface area contributed by atoms with Crippen LogP contribution in [0.5, 0.6) is 0 Å². The van der Waals surface area contributed by atoms with Crippen molar-refractivity contribution in [1.29, 1.82) is 0 Å². The van der Waals surface area contributed by atoms with E-state index in [1.54, 1.807) is 0 Å². The Bertz CT molecular complexity index is 851. The predicted octanol–water partition coefficient (Wildman–Crippen LogP) is -0.147. The third kappa shape index (κ3) is 3.49. The van der Waals surface area contributed by atoms with Crippen LogP contribution in [-0.2, 0) is 9.53 Å². The second-order valence-electron chi connectivity index (χ2n) is 6.97. The van der Waals surface area contributed by atoms with Crippen molar-refractivity contribution in [3.05, 3.63) is 42.2 Å². The van der Waals surface area contributed by atoms with Gasteiger partial charge in [0, 0.05) is 19.1 Å². The molecule has 2 aliphatic heterocycles. The van der Waals surface area contributed by atoms with E-state index in [1.807, 2.05) is 30.3 Å². The van der Waals surface area contributed by atoms with Crippen LogP contribution < -0.4 is 16.0 Å². The Morgan fingerprint density at radius 3 is 2.86 bits per heavy atom. The molecule has 3 atom stereocenters. The van der Waals surface area contributed by atoms with Crippen molar-refractivity contribution in [2.24, 2.45) is 5.92 Å². The summed E-state index contributed by atoms with van der Waals surface area (Å²) >= 11 is 0. The lowest BCUT2D eigenvalue weighted by Crippen LogP contribution is -2.61. The van der Waals surface area contributed by atoms with Gasteiger partial charge in [-0.05, 0) is 25.0 Å². The summed E-state index contributed by atoms with van der Waals surface area (Å²) in [6.07, 6.45) is 1.86. The van der Waals surface area contributed by atoms with Gasteiger partial charge in [-0.15, -0.1) is 5.10 Å². The van der Waals surface area contributed by atoms with Crippen molar-refractivity contribution < 1.29 is 19.4 Å². The average Bonchev–Trinajstić information content (AvgIpc) is 3.33. The van der Waals surface area contributed by atoms with Crippen LogP contribution in [-0.4, -0.2) is 57.3 Å². The van der Waals surface area contributed by atoms with Gasteiger partial charge in [-0.2, -0.15) is 9.90 Å². The second-order valence-corrected chi connectivity index (χ2v) is 6.97. The number of imide groups is 1. The number of amides is 3. The molecule has 0 radical (unpaired) electrons. The smallest absolute Gasteiger partial charge is 0.322 e. The van der Waals surface area contributed by atoms with E-state index in [2.05, 4.69) is 26.1 Å². The topological polar surface area (TPSA) is 130 Å². The molecule has 2 aliphatic rings. The number of para-hydroxylation sites is 1. The van der Waals surface area contributed by atoms with E-state index in [0.29, 0.717) is 18.9 Å². The summed E-state index contributed by atoms with van der Waals surface area (Å²) in [5, 5.41) is 26.9. The number of nitrogens with zero attached hydrogens (tertiary/aromatic N) is 3. The fourth-order valence-corrected chi connectivity index (χ4v) is 3.64. The van der Waals surface area contributed by atoms with Crippen molar-refractivity contribution in [3.8, 4) is 5.69 Å². The first kappa shape index (κ1) is 18.5. The monoisotopic (exact) mass is 386 g/mol. The highest BCUT2D eigenvalue weighted by Crippen LogP contribution is 2.29. The van der Waals surface area contributed by atoms with Crippen LogP contribution in [0.4, 0.5) is 4.79 Å². The molecule has 3 unspecified atom stereocenters. The Hall–Kier alpha value is -2.82. The third-order valence-corrected chi connectivity index (χ3v) is 5.18. The van der Waals surface area contributed by atoms with E-state index in [4.69, 9.17) is 4.74 Å². The first-order chi connectivity index (χ1) is 13.6. The van der Waals surface area contributed by atoms with Crippen LogP contribution in [0.25, 0.3) is 5.69 Å². The Labute approximate surface area is 161 Å². The fraction of sp³-hybridized carbons (Fsp3) is 0.444. The molecule has 3 heterocycles. The molecule has 2 saturated heterocycles. The van der Waals surface area contributed by atoms with Crippen molar-refractivity contribution in [3.63, 3.8) is 0 Å². The predicted molar refractivity (Wildman–Crippen MR) is 97.3 cm³/mol. The number of rotatable bonds is 6. The van der Waals surface area contributed by atoms with E-state index < -0.39 is 23.7 Å². The third-order valence-electron chi connectivity index (χ3n) is 5.18. The number of carbonyl (C=O) groups is 2. The maximum atomic E-state index is 12.5. The van der Waals surface area contributed by atoms with Crippen LogP contribution >= 0.6 is 0 Å². The summed E-state index contributed by atoms with van der Waals surface area (Å²) in [5.74, 6) is -0.604. The van der Waals surface area contributed by atoms with E-state index in [1.165, 1.54) is 11.0 Å². The number of carbonyl (C=O) groups excluding carboxylic acids is 2. The molecule has 2 fully saturated rings. The van der Waals surface area contributed by atoms with Gasteiger partial charge in [-0.25, -0.2) is 4.79 Å². The molecule has 0 saturated carbocycles. The molecule has 4 rings (SSSR count). The number of nitrogens with one attached hydrogen (secondary N) is 3. The van der Waals surface area contributed by atoms with Gasteiger partial charge in [-0.3, -0.25) is 15.4 Å². The minimum Gasteiger partial charge on any atom is -0.381 e. The van der Waals surface area contributed by atoms with Gasteiger partial charge in [0.25, 0.3) is 5.91 Å². The molecule has 10 heteroatoms. The maximum Gasteiger partial charge on any atom is 0.322 e. The minimum atomic E-state index is -1.17. The Balaban J connectivity index is 1.47. The molecule has 4 N–H and O–H groups in total. The molecule has 10 nitrogen and oxygen atoms in total. The number of urea groups is 1. The van der Waals surface area contributed by atoms with Gasteiger partial charge < -0.3 is 15.2 Å². The largest absolute Gasteiger partial charge is 0.381 e. The highest BCUT2D eigenvalue weighted by Gasteiger charge is 2.52. The van der Waals surface area contributed by atoms with Crippen molar-refractivity contribution >= 4 is 11.9 Å². The van der Waals surface area contributed by atoms with Crippen molar-refractivity contribution in [1.82, 2.24) is 30.9 Å². The van der Waals surface area contributed by atoms with E-state index >= 15 is 0 Å². The van der Waals surface area contributed by atoms with Gasteiger partial charge in [0.15, 0.2) is 6.23 Å². The number of benzene rings is 1. The van der Waals surface area contributed by atoms with Gasteiger partial charge in [0.1, 0.15) is 11.2 Å². The normalized spacial score (nSPS) is 26.0. The van der Waals surface area contributed by atoms with Gasteiger partial charge in [0.2, 0.25) is 0 Å². The maximum absolute atomic E-state index is 12.5. The summed E-state index contributed by atoms with van der Waals surface area (Å²) in [4.78, 5) is 25.7. The number of aliphatic hydroxyl groups excluding tert-OH is 1. The lowest BCUT2D eigenvalue weighted by atomic mass is 9.80. The Kier molecular flexibility index (Phi) is 5.07. The van der Waals surface area contributed by atoms with E-state index in [9.17, 15) is 14.7 Å². The number of hydrogen-bond acceptors (Lipinski definition) is 7. The molecular weight excluding hydrogens is 364 g/mol. The zero-order chi connectivity index (χ0) is 19.6. The molecule has 2 aromatic rings. The van der Waals surface area contributed by atoms with Crippen LogP contribution in [0, 0.1) is 5.92 Å². The zero-order valence-electron chi connectivity index (χ0n) is 15.2. The summed E-state index contributed by atoms with van der Waals surface area (Å²) in [5.41, 5.74) is -0.101. The molecular formula is C18H22N6O4. The fourth-order valence-electron chi connectivity index (χ4n) is 3.64. The van der Waals surface area contributed by atoms with E-state index in [0.717, 1.165) is 18.5 Å². The average molecular weight is 386 g/mol. The molecule has 1 aromatic carbocycles. The van der Waals surface area contributed by atoms with Crippen molar-refractivity contribution in [2.45, 2.75) is 24.6 Å². The molecule has 0 aliphatic carbocycles. The number of hydrogen-bond donors (Lipinski definition) is 4. The van der Waals surface area contributed by atoms with Crippen LogP contribution in [0.1, 0.15) is 24.8 Å². The molecule has 0 spiro atoms. The lowest BCUT2D eigenvalue weighted by molar-refractivity contribution is -0.128. The summed E-state index contributed by atoms with van der Waals surface area (Å²) < 4.78 is 5.50. The Morgan fingerprint density at radius 2 is 2.18 bits per heavy atom. The quantitative estimate of drug-likeness (QED) is 0.401. The van der Waals surface area contributed by atoms with Gasteiger partial charge >= 0.3 is 6.03 Å². The molecule has 148 valence electrons.